The van der Waals surface area contributed by atoms with Gasteiger partial charge in [0, 0.05) is 22.6 Å². The molecule has 1 aromatic heterocycles. The second-order valence-electron chi connectivity index (χ2n) is 6.64. The molecule has 3 rings (SSSR count). The van der Waals surface area contributed by atoms with Crippen molar-refractivity contribution in [3.05, 3.63) is 57.4 Å². The van der Waals surface area contributed by atoms with Crippen molar-refractivity contribution in [2.45, 2.75) is 37.5 Å². The Hall–Kier alpha value is -1.24. The predicted octanol–water partition coefficient (Wildman–Crippen LogP) is 5.83. The highest BCUT2D eigenvalue weighted by atomic mass is 79.9. The normalized spacial score (nSPS) is 16.1. The molecular formula is C19H20BrClFN3S. The van der Waals surface area contributed by atoms with Gasteiger partial charge in [0.2, 0.25) is 0 Å². The van der Waals surface area contributed by atoms with Gasteiger partial charge in [0.05, 0.1) is 5.02 Å². The maximum Gasteiger partial charge on any atom is 0.172 e. The van der Waals surface area contributed by atoms with Crippen molar-refractivity contribution in [2.24, 2.45) is 0 Å². The second kappa shape index (κ2) is 8.63. The topological polar surface area (TPSA) is 37.0 Å². The number of nitrogens with zero attached hydrogens (tertiary/aromatic N) is 1. The Balaban J connectivity index is 1.69. The van der Waals surface area contributed by atoms with Crippen LogP contribution in [0.15, 0.2) is 41.0 Å². The molecule has 0 atom stereocenters. The molecule has 7 heteroatoms. The Morgan fingerprint density at radius 2 is 1.92 bits per heavy atom. The summed E-state index contributed by atoms with van der Waals surface area (Å²) in [5.41, 5.74) is 1.13. The third-order valence-corrected chi connectivity index (χ3v) is 5.86. The minimum absolute atomic E-state index is 0.0331. The molecule has 1 heterocycles. The first kappa shape index (κ1) is 19.5. The SMILES string of the molecule is Fc1ccc(C2(CNC(=S)Nc3ncc(Br)cc3Cl)CCCCC2)cc1. The van der Waals surface area contributed by atoms with Crippen LogP contribution in [0.25, 0.3) is 0 Å². The summed E-state index contributed by atoms with van der Waals surface area (Å²) >= 11 is 14.9. The number of rotatable bonds is 4. The largest absolute Gasteiger partial charge is 0.362 e. The van der Waals surface area contributed by atoms with Crippen molar-refractivity contribution < 1.29 is 4.39 Å². The van der Waals surface area contributed by atoms with E-state index in [-0.39, 0.29) is 11.2 Å². The van der Waals surface area contributed by atoms with Gasteiger partial charge in [-0.05, 0) is 64.8 Å². The fraction of sp³-hybridized carbons (Fsp3) is 0.368. The number of pyridine rings is 1. The van der Waals surface area contributed by atoms with E-state index in [1.165, 1.54) is 31.4 Å². The number of hydrogen-bond donors (Lipinski definition) is 2. The first-order valence-corrected chi connectivity index (χ1v) is 10.2. The molecule has 3 nitrogen and oxygen atoms in total. The average Bonchev–Trinajstić information content (AvgIpc) is 2.64. The van der Waals surface area contributed by atoms with Crippen LogP contribution in [0.1, 0.15) is 37.7 Å². The number of hydrogen-bond acceptors (Lipinski definition) is 2. The Kier molecular flexibility index (Phi) is 6.48. The van der Waals surface area contributed by atoms with Crippen molar-refractivity contribution in [3.8, 4) is 0 Å². The maximum atomic E-state index is 13.3. The van der Waals surface area contributed by atoms with Crippen molar-refractivity contribution in [1.29, 1.82) is 0 Å². The molecule has 1 fully saturated rings. The third-order valence-electron chi connectivity index (χ3n) is 4.89. The molecule has 1 aliphatic rings. The summed E-state index contributed by atoms with van der Waals surface area (Å²) in [6, 6.07) is 8.63. The van der Waals surface area contributed by atoms with Crippen LogP contribution in [-0.4, -0.2) is 16.6 Å². The molecule has 1 saturated carbocycles. The monoisotopic (exact) mass is 455 g/mol. The zero-order valence-corrected chi connectivity index (χ0v) is 17.4. The molecule has 2 N–H and O–H groups in total. The number of benzene rings is 1. The fourth-order valence-electron chi connectivity index (χ4n) is 3.51. The Morgan fingerprint density at radius 3 is 2.58 bits per heavy atom. The number of nitrogens with one attached hydrogen (secondary N) is 2. The van der Waals surface area contributed by atoms with Crippen molar-refractivity contribution in [3.63, 3.8) is 0 Å². The molecule has 0 bridgehead atoms. The van der Waals surface area contributed by atoms with E-state index in [0.717, 1.165) is 22.9 Å². The van der Waals surface area contributed by atoms with Crippen LogP contribution in [-0.2, 0) is 5.41 Å². The summed E-state index contributed by atoms with van der Waals surface area (Å²) in [5, 5.41) is 7.34. The highest BCUT2D eigenvalue weighted by molar-refractivity contribution is 9.10. The lowest BCUT2D eigenvalue weighted by molar-refractivity contribution is 0.292. The fourth-order valence-corrected chi connectivity index (χ4v) is 4.35. The Labute approximate surface area is 171 Å². The van der Waals surface area contributed by atoms with Crippen LogP contribution >= 0.6 is 39.7 Å². The summed E-state index contributed by atoms with van der Waals surface area (Å²) in [6.45, 7) is 0.693. The molecule has 0 unspecified atom stereocenters. The molecule has 0 spiro atoms. The lowest BCUT2D eigenvalue weighted by Crippen LogP contribution is -2.43. The van der Waals surface area contributed by atoms with Gasteiger partial charge in [-0.2, -0.15) is 0 Å². The average molecular weight is 457 g/mol. The number of thiocarbonyl (C=S) groups is 1. The molecule has 1 aromatic carbocycles. The molecule has 1 aliphatic carbocycles. The van der Waals surface area contributed by atoms with Crippen molar-refractivity contribution in [1.82, 2.24) is 10.3 Å². The standard InChI is InChI=1S/C19H20BrClFN3S/c20-14-10-16(21)17(23-11-14)25-18(26)24-12-19(8-2-1-3-9-19)13-4-6-15(22)7-5-13/h4-7,10-11H,1-3,8-9,12H2,(H2,23,24,25,26). The number of anilines is 1. The number of halogens is 3. The van der Waals surface area contributed by atoms with E-state index in [1.54, 1.807) is 12.3 Å². The van der Waals surface area contributed by atoms with E-state index in [0.29, 0.717) is 22.5 Å². The van der Waals surface area contributed by atoms with Gasteiger partial charge in [0.1, 0.15) is 5.82 Å². The van der Waals surface area contributed by atoms with Gasteiger partial charge >= 0.3 is 0 Å². The molecule has 138 valence electrons. The molecule has 0 amide bonds. The van der Waals surface area contributed by atoms with Gasteiger partial charge in [0.25, 0.3) is 0 Å². The first-order chi connectivity index (χ1) is 12.5. The van der Waals surface area contributed by atoms with Gasteiger partial charge < -0.3 is 10.6 Å². The molecule has 0 aliphatic heterocycles. The van der Waals surface area contributed by atoms with Crippen LogP contribution < -0.4 is 10.6 Å². The van der Waals surface area contributed by atoms with Crippen LogP contribution in [0.3, 0.4) is 0 Å². The summed E-state index contributed by atoms with van der Waals surface area (Å²) in [6.07, 6.45) is 7.36. The third kappa shape index (κ3) is 4.72. The van der Waals surface area contributed by atoms with Crippen LogP contribution in [0, 0.1) is 5.82 Å². The van der Waals surface area contributed by atoms with Crippen molar-refractivity contribution >= 4 is 50.7 Å². The Morgan fingerprint density at radius 1 is 1.23 bits per heavy atom. The van der Waals surface area contributed by atoms with E-state index >= 15 is 0 Å². The quantitative estimate of drug-likeness (QED) is 0.568. The predicted molar refractivity (Wildman–Crippen MR) is 112 cm³/mol. The minimum Gasteiger partial charge on any atom is -0.362 e. The maximum absolute atomic E-state index is 13.3. The van der Waals surface area contributed by atoms with E-state index in [9.17, 15) is 4.39 Å². The summed E-state index contributed by atoms with van der Waals surface area (Å²) < 4.78 is 14.1. The molecule has 26 heavy (non-hydrogen) atoms. The van der Waals surface area contributed by atoms with Gasteiger partial charge in [-0.1, -0.05) is 43.0 Å². The second-order valence-corrected chi connectivity index (χ2v) is 8.37. The van der Waals surface area contributed by atoms with Crippen LogP contribution in [0.5, 0.6) is 0 Å². The first-order valence-electron chi connectivity index (χ1n) is 8.60. The van der Waals surface area contributed by atoms with E-state index in [1.807, 2.05) is 12.1 Å². The van der Waals surface area contributed by atoms with Gasteiger partial charge in [-0.3, -0.25) is 0 Å². The zero-order valence-electron chi connectivity index (χ0n) is 14.2. The van der Waals surface area contributed by atoms with Gasteiger partial charge in [0.15, 0.2) is 10.9 Å². The number of aromatic nitrogens is 1. The highest BCUT2D eigenvalue weighted by Gasteiger charge is 2.34. The van der Waals surface area contributed by atoms with Gasteiger partial charge in [-0.15, -0.1) is 0 Å². The van der Waals surface area contributed by atoms with Crippen LogP contribution in [0.2, 0.25) is 5.02 Å². The summed E-state index contributed by atoms with van der Waals surface area (Å²) in [7, 11) is 0. The van der Waals surface area contributed by atoms with E-state index in [2.05, 4.69) is 31.5 Å². The van der Waals surface area contributed by atoms with E-state index in [4.69, 9.17) is 23.8 Å². The van der Waals surface area contributed by atoms with E-state index < -0.39 is 0 Å². The van der Waals surface area contributed by atoms with Crippen LogP contribution in [0.4, 0.5) is 10.2 Å². The van der Waals surface area contributed by atoms with Crippen molar-refractivity contribution in [2.75, 3.05) is 11.9 Å². The zero-order chi connectivity index (χ0) is 18.6. The summed E-state index contributed by atoms with van der Waals surface area (Å²) in [4.78, 5) is 4.24. The molecule has 0 radical (unpaired) electrons. The summed E-state index contributed by atoms with van der Waals surface area (Å²) in [5.74, 6) is 0.313. The highest BCUT2D eigenvalue weighted by Crippen LogP contribution is 2.39. The molecule has 2 aromatic rings. The van der Waals surface area contributed by atoms with Gasteiger partial charge in [-0.25, -0.2) is 9.37 Å². The molecule has 0 saturated heterocycles. The Bertz CT molecular complexity index is 779. The lowest BCUT2D eigenvalue weighted by Gasteiger charge is -2.38. The lowest BCUT2D eigenvalue weighted by atomic mass is 9.69. The smallest absolute Gasteiger partial charge is 0.172 e. The minimum atomic E-state index is -0.208. The molecular weight excluding hydrogens is 437 g/mol.